The van der Waals surface area contributed by atoms with Gasteiger partial charge in [-0.2, -0.15) is 0 Å². The third kappa shape index (κ3) is 3.59. The van der Waals surface area contributed by atoms with Gasteiger partial charge in [0, 0.05) is 16.5 Å². The SMILES string of the molecule is C.O=CCc1ccc(-c2cc(Cl)cc(Cl)c2)cc1. The first-order chi connectivity index (χ1) is 8.19. The summed E-state index contributed by atoms with van der Waals surface area (Å²) in [7, 11) is 0. The molecule has 3 heteroatoms. The zero-order valence-electron chi connectivity index (χ0n) is 8.99. The normalized spacial score (nSPS) is 9.67. The van der Waals surface area contributed by atoms with Gasteiger partial charge in [-0.15, -0.1) is 0 Å². The van der Waals surface area contributed by atoms with Crippen LogP contribution in [0.5, 0.6) is 0 Å². The Morgan fingerprint density at radius 2 is 1.44 bits per heavy atom. The van der Waals surface area contributed by atoms with Crippen LogP contribution in [0.4, 0.5) is 0 Å². The lowest BCUT2D eigenvalue weighted by Gasteiger charge is -2.04. The Hall–Kier alpha value is -1.31. The molecule has 0 spiro atoms. The molecule has 0 aromatic heterocycles. The van der Waals surface area contributed by atoms with E-state index in [1.165, 1.54) is 0 Å². The van der Waals surface area contributed by atoms with Crippen LogP contribution in [0.3, 0.4) is 0 Å². The van der Waals surface area contributed by atoms with Crippen LogP contribution >= 0.6 is 23.2 Å². The first-order valence-electron chi connectivity index (χ1n) is 5.18. The highest BCUT2D eigenvalue weighted by Crippen LogP contribution is 2.27. The van der Waals surface area contributed by atoms with Gasteiger partial charge < -0.3 is 4.79 Å². The summed E-state index contributed by atoms with van der Waals surface area (Å²) in [5, 5.41) is 1.23. The minimum absolute atomic E-state index is 0. The molecule has 0 fully saturated rings. The number of aldehydes is 1. The van der Waals surface area contributed by atoms with Crippen LogP contribution in [-0.4, -0.2) is 6.29 Å². The molecule has 1 nitrogen and oxygen atoms in total. The molecule has 0 aliphatic heterocycles. The fourth-order valence-corrected chi connectivity index (χ4v) is 2.18. The quantitative estimate of drug-likeness (QED) is 0.720. The monoisotopic (exact) mass is 280 g/mol. The highest BCUT2D eigenvalue weighted by molar-refractivity contribution is 6.35. The maximum Gasteiger partial charge on any atom is 0.124 e. The minimum Gasteiger partial charge on any atom is -0.303 e. The summed E-state index contributed by atoms with van der Waals surface area (Å²) in [6, 6.07) is 13.2. The van der Waals surface area contributed by atoms with E-state index in [9.17, 15) is 4.79 Å². The molecular weight excluding hydrogens is 267 g/mol. The van der Waals surface area contributed by atoms with Crippen molar-refractivity contribution in [2.75, 3.05) is 0 Å². The lowest BCUT2D eigenvalue weighted by Crippen LogP contribution is -1.85. The zero-order valence-corrected chi connectivity index (χ0v) is 10.5. The van der Waals surface area contributed by atoms with E-state index in [0.717, 1.165) is 23.0 Å². The van der Waals surface area contributed by atoms with E-state index in [-0.39, 0.29) is 7.43 Å². The van der Waals surface area contributed by atoms with E-state index >= 15 is 0 Å². The maximum atomic E-state index is 10.4. The van der Waals surface area contributed by atoms with Crippen molar-refractivity contribution in [2.24, 2.45) is 0 Å². The van der Waals surface area contributed by atoms with Crippen LogP contribution < -0.4 is 0 Å². The van der Waals surface area contributed by atoms with Gasteiger partial charge in [-0.1, -0.05) is 54.9 Å². The largest absolute Gasteiger partial charge is 0.303 e. The van der Waals surface area contributed by atoms with Gasteiger partial charge in [-0.25, -0.2) is 0 Å². The second-order valence-electron chi connectivity index (χ2n) is 3.73. The van der Waals surface area contributed by atoms with E-state index in [1.54, 1.807) is 6.07 Å². The van der Waals surface area contributed by atoms with Gasteiger partial charge in [-0.05, 0) is 34.9 Å². The number of halogens is 2. The number of rotatable bonds is 3. The Kier molecular flexibility index (Phi) is 5.39. The van der Waals surface area contributed by atoms with Crippen molar-refractivity contribution in [1.82, 2.24) is 0 Å². The Morgan fingerprint density at radius 3 is 1.94 bits per heavy atom. The zero-order chi connectivity index (χ0) is 12.3. The predicted octanol–water partition coefficient (Wildman–Crippen LogP) is 5.04. The lowest BCUT2D eigenvalue weighted by atomic mass is 10.0. The van der Waals surface area contributed by atoms with Gasteiger partial charge in [0.2, 0.25) is 0 Å². The number of carbonyl (C=O) groups is 1. The molecule has 94 valence electrons. The van der Waals surface area contributed by atoms with E-state index in [4.69, 9.17) is 23.2 Å². The molecule has 0 bridgehead atoms. The molecule has 0 unspecified atom stereocenters. The number of benzene rings is 2. The Morgan fingerprint density at radius 1 is 0.889 bits per heavy atom. The molecule has 2 aromatic rings. The minimum atomic E-state index is 0. The van der Waals surface area contributed by atoms with Crippen molar-refractivity contribution >= 4 is 29.5 Å². The smallest absolute Gasteiger partial charge is 0.124 e. The predicted molar refractivity (Wildman–Crippen MR) is 78.4 cm³/mol. The van der Waals surface area contributed by atoms with Crippen molar-refractivity contribution in [3.05, 3.63) is 58.1 Å². The standard InChI is InChI=1S/C14H10Cl2O.CH4/c15-13-7-12(8-14(16)9-13)11-3-1-10(2-4-11)5-6-17;/h1-4,6-9H,5H2;1H4. The summed E-state index contributed by atoms with van der Waals surface area (Å²) < 4.78 is 0. The first kappa shape index (κ1) is 14.7. The van der Waals surface area contributed by atoms with Crippen LogP contribution in [0, 0.1) is 0 Å². The summed E-state index contributed by atoms with van der Waals surface area (Å²) in [4.78, 5) is 10.4. The van der Waals surface area contributed by atoms with Gasteiger partial charge >= 0.3 is 0 Å². The van der Waals surface area contributed by atoms with Crippen LogP contribution in [0.1, 0.15) is 13.0 Å². The maximum absolute atomic E-state index is 10.4. The van der Waals surface area contributed by atoms with Crippen LogP contribution in [0.2, 0.25) is 10.0 Å². The fourth-order valence-electron chi connectivity index (χ4n) is 1.65. The van der Waals surface area contributed by atoms with Crippen molar-refractivity contribution in [3.8, 4) is 11.1 Å². The molecule has 0 saturated carbocycles. The second-order valence-corrected chi connectivity index (χ2v) is 4.60. The van der Waals surface area contributed by atoms with Crippen molar-refractivity contribution in [3.63, 3.8) is 0 Å². The summed E-state index contributed by atoms with van der Waals surface area (Å²) in [5.41, 5.74) is 3.00. The molecule has 0 amide bonds. The average Bonchev–Trinajstić information content (AvgIpc) is 2.29. The summed E-state index contributed by atoms with van der Waals surface area (Å²) >= 11 is 11.9. The highest BCUT2D eigenvalue weighted by Gasteiger charge is 2.01. The van der Waals surface area contributed by atoms with Crippen LogP contribution in [-0.2, 0) is 11.2 Å². The molecule has 0 saturated heterocycles. The van der Waals surface area contributed by atoms with Crippen LogP contribution in [0.25, 0.3) is 11.1 Å². The summed E-state index contributed by atoms with van der Waals surface area (Å²) in [6.45, 7) is 0. The molecule has 0 radical (unpaired) electrons. The third-order valence-electron chi connectivity index (χ3n) is 2.47. The lowest BCUT2D eigenvalue weighted by molar-refractivity contribution is -0.107. The van der Waals surface area contributed by atoms with Gasteiger partial charge in [0.05, 0.1) is 0 Å². The molecule has 0 aliphatic carbocycles. The van der Waals surface area contributed by atoms with Crippen LogP contribution in [0.15, 0.2) is 42.5 Å². The van der Waals surface area contributed by atoms with Gasteiger partial charge in [0.1, 0.15) is 6.29 Å². The van der Waals surface area contributed by atoms with Gasteiger partial charge in [-0.3, -0.25) is 0 Å². The first-order valence-corrected chi connectivity index (χ1v) is 5.93. The fraction of sp³-hybridized carbons (Fsp3) is 0.133. The van der Waals surface area contributed by atoms with E-state index in [1.807, 2.05) is 36.4 Å². The topological polar surface area (TPSA) is 17.1 Å². The highest BCUT2D eigenvalue weighted by atomic mass is 35.5. The van der Waals surface area contributed by atoms with Crippen molar-refractivity contribution < 1.29 is 4.79 Å². The van der Waals surface area contributed by atoms with E-state index < -0.39 is 0 Å². The molecular formula is C15H14Cl2O. The average molecular weight is 281 g/mol. The molecule has 0 heterocycles. The Bertz CT molecular complexity index is 512. The van der Waals surface area contributed by atoms with E-state index in [0.29, 0.717) is 16.5 Å². The molecule has 0 N–H and O–H groups in total. The second kappa shape index (κ2) is 6.58. The molecule has 2 rings (SSSR count). The van der Waals surface area contributed by atoms with Gasteiger partial charge in [0.15, 0.2) is 0 Å². The molecule has 0 atom stereocenters. The van der Waals surface area contributed by atoms with Crippen molar-refractivity contribution in [2.45, 2.75) is 13.8 Å². The Labute approximate surface area is 117 Å². The van der Waals surface area contributed by atoms with Crippen molar-refractivity contribution in [1.29, 1.82) is 0 Å². The molecule has 0 aliphatic rings. The summed E-state index contributed by atoms with van der Waals surface area (Å²) in [6.07, 6.45) is 1.34. The summed E-state index contributed by atoms with van der Waals surface area (Å²) in [5.74, 6) is 0. The Balaban J connectivity index is 0.00000162. The number of hydrogen-bond acceptors (Lipinski definition) is 1. The molecule has 2 aromatic carbocycles. The number of hydrogen-bond donors (Lipinski definition) is 0. The molecule has 18 heavy (non-hydrogen) atoms. The third-order valence-corrected chi connectivity index (χ3v) is 2.91. The van der Waals surface area contributed by atoms with Gasteiger partial charge in [0.25, 0.3) is 0 Å². The van der Waals surface area contributed by atoms with E-state index in [2.05, 4.69) is 0 Å². The number of carbonyl (C=O) groups excluding carboxylic acids is 1.